The maximum absolute atomic E-state index is 4.03. The molecule has 3 heteroatoms. The van der Waals surface area contributed by atoms with E-state index in [1.165, 1.54) is 12.0 Å². The lowest BCUT2D eigenvalue weighted by Gasteiger charge is -2.39. The molecule has 88 valence electrons. The van der Waals surface area contributed by atoms with Crippen molar-refractivity contribution < 1.29 is 0 Å². The van der Waals surface area contributed by atoms with Crippen LogP contribution in [0.4, 0.5) is 0 Å². The summed E-state index contributed by atoms with van der Waals surface area (Å²) in [5.74, 6) is 0. The highest BCUT2D eigenvalue weighted by Crippen LogP contribution is 2.25. The fourth-order valence-corrected chi connectivity index (χ4v) is 2.29. The first-order valence-corrected chi connectivity index (χ1v) is 6.01. The van der Waals surface area contributed by atoms with Crippen molar-refractivity contribution in [2.45, 2.75) is 32.9 Å². The van der Waals surface area contributed by atoms with E-state index in [9.17, 15) is 0 Å². The quantitative estimate of drug-likeness (QED) is 0.810. The number of piperidine rings is 1. The lowest BCUT2D eigenvalue weighted by atomic mass is 9.80. The fraction of sp³-hybridized carbons (Fsp3) is 0.615. The number of hydrogen-bond donors (Lipinski definition) is 2. The van der Waals surface area contributed by atoms with E-state index >= 15 is 0 Å². The highest BCUT2D eigenvalue weighted by molar-refractivity contribution is 5.09. The van der Waals surface area contributed by atoms with Crippen LogP contribution in [0.5, 0.6) is 0 Å². The highest BCUT2D eigenvalue weighted by Gasteiger charge is 2.31. The minimum atomic E-state index is 0.339. The number of hydrogen-bond acceptors (Lipinski definition) is 3. The molecule has 2 heterocycles. The van der Waals surface area contributed by atoms with Gasteiger partial charge in [-0.15, -0.1) is 0 Å². The minimum absolute atomic E-state index is 0.339. The van der Waals surface area contributed by atoms with E-state index < -0.39 is 0 Å². The zero-order valence-electron chi connectivity index (χ0n) is 10.2. The van der Waals surface area contributed by atoms with E-state index in [-0.39, 0.29) is 0 Å². The Balaban J connectivity index is 1.90. The predicted octanol–water partition coefficient (Wildman–Crippen LogP) is 1.56. The van der Waals surface area contributed by atoms with Gasteiger partial charge in [-0.2, -0.15) is 0 Å². The third-order valence-electron chi connectivity index (χ3n) is 3.44. The van der Waals surface area contributed by atoms with Crippen LogP contribution in [0.25, 0.3) is 0 Å². The Morgan fingerprint density at radius 2 is 2.19 bits per heavy atom. The molecule has 1 aliphatic rings. The molecule has 0 aliphatic carbocycles. The van der Waals surface area contributed by atoms with Crippen LogP contribution in [0.1, 0.15) is 25.8 Å². The molecule has 0 saturated carbocycles. The summed E-state index contributed by atoms with van der Waals surface area (Å²) in [4.78, 5) is 4.03. The zero-order valence-corrected chi connectivity index (χ0v) is 10.2. The molecule has 1 fully saturated rings. The van der Waals surface area contributed by atoms with Gasteiger partial charge in [-0.05, 0) is 36.1 Å². The zero-order chi connectivity index (χ0) is 11.4. The number of nitrogens with zero attached hydrogens (tertiary/aromatic N) is 1. The molecule has 1 aromatic rings. The van der Waals surface area contributed by atoms with Crippen molar-refractivity contribution in [3.8, 4) is 0 Å². The molecular weight excluding hydrogens is 198 g/mol. The van der Waals surface area contributed by atoms with Gasteiger partial charge in [0, 0.05) is 31.5 Å². The van der Waals surface area contributed by atoms with E-state index in [1.54, 1.807) is 0 Å². The maximum atomic E-state index is 4.03. The molecule has 0 radical (unpaired) electrons. The number of nitrogens with one attached hydrogen (secondary N) is 2. The van der Waals surface area contributed by atoms with Gasteiger partial charge in [0.25, 0.3) is 0 Å². The molecule has 0 amide bonds. The van der Waals surface area contributed by atoms with Crippen molar-refractivity contribution >= 4 is 0 Å². The Morgan fingerprint density at radius 1 is 1.44 bits per heavy atom. The molecule has 3 nitrogen and oxygen atoms in total. The first-order chi connectivity index (χ1) is 7.68. The van der Waals surface area contributed by atoms with E-state index in [0.29, 0.717) is 11.5 Å². The van der Waals surface area contributed by atoms with Crippen LogP contribution in [-0.4, -0.2) is 24.1 Å². The SMILES string of the molecule is CC1(C)CNCCC1NCc1ccncc1. The summed E-state index contributed by atoms with van der Waals surface area (Å²) in [6.45, 7) is 7.81. The molecule has 1 saturated heterocycles. The van der Waals surface area contributed by atoms with Crippen LogP contribution in [0.3, 0.4) is 0 Å². The Hall–Kier alpha value is -0.930. The molecule has 1 aliphatic heterocycles. The molecule has 1 aromatic heterocycles. The van der Waals surface area contributed by atoms with Gasteiger partial charge in [0.15, 0.2) is 0 Å². The average molecular weight is 219 g/mol. The van der Waals surface area contributed by atoms with E-state index in [2.05, 4.69) is 41.6 Å². The fourth-order valence-electron chi connectivity index (χ4n) is 2.29. The van der Waals surface area contributed by atoms with Gasteiger partial charge in [0.05, 0.1) is 0 Å². The lowest BCUT2D eigenvalue weighted by Crippen LogP contribution is -2.52. The Morgan fingerprint density at radius 3 is 2.88 bits per heavy atom. The van der Waals surface area contributed by atoms with Crippen molar-refractivity contribution in [1.29, 1.82) is 0 Å². The molecule has 1 atom stereocenters. The van der Waals surface area contributed by atoms with Crippen LogP contribution in [0.15, 0.2) is 24.5 Å². The van der Waals surface area contributed by atoms with Gasteiger partial charge in [-0.1, -0.05) is 13.8 Å². The number of pyridine rings is 1. The van der Waals surface area contributed by atoms with Crippen molar-refractivity contribution in [2.75, 3.05) is 13.1 Å². The summed E-state index contributed by atoms with van der Waals surface area (Å²) in [6, 6.07) is 4.74. The molecule has 1 unspecified atom stereocenters. The molecule has 2 rings (SSSR count). The third kappa shape index (κ3) is 2.80. The van der Waals surface area contributed by atoms with Crippen LogP contribution in [0, 0.1) is 5.41 Å². The van der Waals surface area contributed by atoms with Gasteiger partial charge in [0.2, 0.25) is 0 Å². The van der Waals surface area contributed by atoms with Crippen molar-refractivity contribution in [3.05, 3.63) is 30.1 Å². The largest absolute Gasteiger partial charge is 0.316 e. The summed E-state index contributed by atoms with van der Waals surface area (Å²) in [6.07, 6.45) is 4.91. The molecule has 2 N–H and O–H groups in total. The first kappa shape index (κ1) is 11.6. The highest BCUT2D eigenvalue weighted by atomic mass is 15.0. The van der Waals surface area contributed by atoms with Gasteiger partial charge in [-0.3, -0.25) is 4.98 Å². The third-order valence-corrected chi connectivity index (χ3v) is 3.44. The maximum Gasteiger partial charge on any atom is 0.0271 e. The smallest absolute Gasteiger partial charge is 0.0271 e. The van der Waals surface area contributed by atoms with Crippen LogP contribution in [0.2, 0.25) is 0 Å². The second-order valence-corrected chi connectivity index (χ2v) is 5.24. The van der Waals surface area contributed by atoms with Gasteiger partial charge >= 0.3 is 0 Å². The molecule has 16 heavy (non-hydrogen) atoms. The van der Waals surface area contributed by atoms with Gasteiger partial charge in [-0.25, -0.2) is 0 Å². The molecule has 0 spiro atoms. The van der Waals surface area contributed by atoms with Crippen molar-refractivity contribution in [2.24, 2.45) is 5.41 Å². The predicted molar refractivity (Wildman–Crippen MR) is 66.1 cm³/mol. The van der Waals surface area contributed by atoms with E-state index in [4.69, 9.17) is 0 Å². The lowest BCUT2D eigenvalue weighted by molar-refractivity contribution is 0.184. The summed E-state index contributed by atoms with van der Waals surface area (Å²) < 4.78 is 0. The van der Waals surface area contributed by atoms with Gasteiger partial charge in [0.1, 0.15) is 0 Å². The number of aromatic nitrogens is 1. The van der Waals surface area contributed by atoms with Crippen LogP contribution in [-0.2, 0) is 6.54 Å². The van der Waals surface area contributed by atoms with E-state index in [0.717, 1.165) is 19.6 Å². The Kier molecular flexibility index (Phi) is 3.56. The summed E-state index contributed by atoms with van der Waals surface area (Å²) in [5.41, 5.74) is 1.65. The second kappa shape index (κ2) is 4.93. The Bertz CT molecular complexity index is 321. The normalized spacial score (nSPS) is 24.2. The minimum Gasteiger partial charge on any atom is -0.316 e. The first-order valence-electron chi connectivity index (χ1n) is 6.01. The topological polar surface area (TPSA) is 37.0 Å². The Labute approximate surface area is 97.7 Å². The van der Waals surface area contributed by atoms with Crippen molar-refractivity contribution in [1.82, 2.24) is 15.6 Å². The van der Waals surface area contributed by atoms with Crippen LogP contribution >= 0.6 is 0 Å². The van der Waals surface area contributed by atoms with Crippen LogP contribution < -0.4 is 10.6 Å². The summed E-state index contributed by atoms with van der Waals surface area (Å²) >= 11 is 0. The molecule has 0 bridgehead atoms. The van der Waals surface area contributed by atoms with E-state index in [1.807, 2.05) is 12.4 Å². The van der Waals surface area contributed by atoms with Gasteiger partial charge < -0.3 is 10.6 Å². The average Bonchev–Trinajstić information content (AvgIpc) is 2.28. The monoisotopic (exact) mass is 219 g/mol. The number of rotatable bonds is 3. The molecule has 0 aromatic carbocycles. The molecular formula is C13H21N3. The second-order valence-electron chi connectivity index (χ2n) is 5.24. The standard InChI is InChI=1S/C13H21N3/c1-13(2)10-15-8-5-12(13)16-9-11-3-6-14-7-4-11/h3-4,6-7,12,15-16H,5,8-10H2,1-2H3. The summed E-state index contributed by atoms with van der Waals surface area (Å²) in [7, 11) is 0. The summed E-state index contributed by atoms with van der Waals surface area (Å²) in [5, 5.41) is 7.11. The van der Waals surface area contributed by atoms with Crippen molar-refractivity contribution in [3.63, 3.8) is 0 Å².